The number of hydrogen-bond acceptors (Lipinski definition) is 5. The summed E-state index contributed by atoms with van der Waals surface area (Å²) < 4.78 is 15.5. The largest absolute Gasteiger partial charge is 0.493 e. The summed E-state index contributed by atoms with van der Waals surface area (Å²) in [7, 11) is 1.57. The molecule has 6 nitrogen and oxygen atoms in total. The third-order valence-electron chi connectivity index (χ3n) is 2.86. The third kappa shape index (κ3) is 3.39. The van der Waals surface area contributed by atoms with Crippen LogP contribution < -0.4 is 9.64 Å². The topological polar surface area (TPSA) is 71.8 Å². The molecule has 1 heterocycles. The van der Waals surface area contributed by atoms with Gasteiger partial charge in [-0.25, -0.2) is 4.79 Å². The van der Waals surface area contributed by atoms with Gasteiger partial charge in [0.1, 0.15) is 18.5 Å². The summed E-state index contributed by atoms with van der Waals surface area (Å²) >= 11 is 0. The van der Waals surface area contributed by atoms with Gasteiger partial charge in [0, 0.05) is 12.8 Å². The molecule has 0 aromatic heterocycles. The molecule has 1 aromatic carbocycles. The number of amides is 1. The van der Waals surface area contributed by atoms with Crippen molar-refractivity contribution in [3.63, 3.8) is 0 Å². The lowest BCUT2D eigenvalue weighted by atomic mass is 10.2. The van der Waals surface area contributed by atoms with Crippen molar-refractivity contribution in [1.29, 1.82) is 5.26 Å². The molecule has 0 radical (unpaired) electrons. The van der Waals surface area contributed by atoms with Gasteiger partial charge in [-0.1, -0.05) is 0 Å². The van der Waals surface area contributed by atoms with Crippen LogP contribution in [-0.4, -0.2) is 39.1 Å². The van der Waals surface area contributed by atoms with Gasteiger partial charge < -0.3 is 14.2 Å². The van der Waals surface area contributed by atoms with Crippen LogP contribution in [0.25, 0.3) is 0 Å². The van der Waals surface area contributed by atoms with Gasteiger partial charge in [-0.3, -0.25) is 4.90 Å². The van der Waals surface area contributed by atoms with Gasteiger partial charge in [0.05, 0.1) is 25.6 Å². The number of ether oxygens (including phenoxy) is 3. The Morgan fingerprint density at radius 3 is 2.85 bits per heavy atom. The van der Waals surface area contributed by atoms with Crippen molar-refractivity contribution >= 4 is 11.8 Å². The molecule has 0 N–H and O–H groups in total. The highest BCUT2D eigenvalue weighted by molar-refractivity contribution is 5.89. The molecule has 1 unspecified atom stereocenters. The zero-order chi connectivity index (χ0) is 14.4. The number of benzene rings is 1. The zero-order valence-electron chi connectivity index (χ0n) is 11.2. The van der Waals surface area contributed by atoms with E-state index in [1.165, 1.54) is 0 Å². The van der Waals surface area contributed by atoms with Gasteiger partial charge >= 0.3 is 6.09 Å². The average Bonchev–Trinajstić information content (AvgIpc) is 2.81. The summed E-state index contributed by atoms with van der Waals surface area (Å²) in [5, 5.41) is 8.43. The molecule has 6 heteroatoms. The van der Waals surface area contributed by atoms with Gasteiger partial charge in [-0.2, -0.15) is 5.26 Å². The highest BCUT2D eigenvalue weighted by Gasteiger charge is 2.32. The Morgan fingerprint density at radius 1 is 1.45 bits per heavy atom. The van der Waals surface area contributed by atoms with Gasteiger partial charge in [0.2, 0.25) is 0 Å². The molecule has 1 aromatic rings. The fourth-order valence-corrected chi connectivity index (χ4v) is 1.94. The highest BCUT2D eigenvalue weighted by Crippen LogP contribution is 2.24. The number of nitrogens with zero attached hydrogens (tertiary/aromatic N) is 2. The van der Waals surface area contributed by atoms with Gasteiger partial charge in [0.25, 0.3) is 0 Å². The van der Waals surface area contributed by atoms with E-state index in [1.54, 1.807) is 36.3 Å². The Balaban J connectivity index is 1.96. The SMILES string of the molecule is COCC1CN(c2ccc(OCCC#N)cc2)C(=O)O1. The zero-order valence-corrected chi connectivity index (χ0v) is 11.2. The third-order valence-corrected chi connectivity index (χ3v) is 2.86. The van der Waals surface area contributed by atoms with Crippen molar-refractivity contribution < 1.29 is 19.0 Å². The first kappa shape index (κ1) is 14.2. The van der Waals surface area contributed by atoms with Crippen LogP contribution in [0, 0.1) is 11.3 Å². The summed E-state index contributed by atoms with van der Waals surface area (Å²) in [6.07, 6.45) is -0.261. The minimum Gasteiger partial charge on any atom is -0.493 e. The van der Waals surface area contributed by atoms with E-state index in [0.29, 0.717) is 31.9 Å². The summed E-state index contributed by atoms with van der Waals surface area (Å²) in [6.45, 7) is 1.22. The quantitative estimate of drug-likeness (QED) is 0.743. The molecule has 1 amide bonds. The fraction of sp³-hybridized carbons (Fsp3) is 0.429. The predicted octanol–water partition coefficient (Wildman–Crippen LogP) is 1.95. The Hall–Kier alpha value is -2.26. The molecule has 0 spiro atoms. The molecule has 0 aliphatic carbocycles. The standard InChI is InChI=1S/C14H16N2O4/c1-18-10-13-9-16(14(17)20-13)11-3-5-12(6-4-11)19-8-2-7-15/h3-6,13H,2,8-10H2,1H3. The van der Waals surface area contributed by atoms with Crippen LogP contribution in [0.15, 0.2) is 24.3 Å². The van der Waals surface area contributed by atoms with Crippen LogP contribution in [0.5, 0.6) is 5.75 Å². The summed E-state index contributed by atoms with van der Waals surface area (Å²) in [6, 6.07) is 9.13. The van der Waals surface area contributed by atoms with E-state index in [1.807, 2.05) is 6.07 Å². The molecule has 2 rings (SSSR count). The van der Waals surface area contributed by atoms with E-state index >= 15 is 0 Å². The highest BCUT2D eigenvalue weighted by atomic mass is 16.6. The van der Waals surface area contributed by atoms with E-state index < -0.39 is 0 Å². The molecule has 0 saturated carbocycles. The van der Waals surface area contributed by atoms with Crippen molar-refractivity contribution in [2.45, 2.75) is 12.5 Å². The molecule has 1 saturated heterocycles. The minimum atomic E-state index is -0.370. The van der Waals surface area contributed by atoms with Crippen molar-refractivity contribution in [3.05, 3.63) is 24.3 Å². The average molecular weight is 276 g/mol. The summed E-state index contributed by atoms with van der Waals surface area (Å²) in [4.78, 5) is 13.3. The monoisotopic (exact) mass is 276 g/mol. The van der Waals surface area contributed by atoms with Gasteiger partial charge in [-0.05, 0) is 24.3 Å². The number of anilines is 1. The predicted molar refractivity (Wildman–Crippen MR) is 71.7 cm³/mol. The number of carbonyl (C=O) groups is 1. The first-order chi connectivity index (χ1) is 9.74. The van der Waals surface area contributed by atoms with Gasteiger partial charge in [0.15, 0.2) is 0 Å². The Morgan fingerprint density at radius 2 is 2.20 bits per heavy atom. The minimum absolute atomic E-state index is 0.237. The number of nitriles is 1. The second-order valence-electron chi connectivity index (χ2n) is 4.32. The molecular weight excluding hydrogens is 260 g/mol. The van der Waals surface area contributed by atoms with Crippen LogP contribution in [0.4, 0.5) is 10.5 Å². The Labute approximate surface area is 117 Å². The van der Waals surface area contributed by atoms with E-state index in [0.717, 1.165) is 5.69 Å². The number of hydrogen-bond donors (Lipinski definition) is 0. The maximum absolute atomic E-state index is 11.7. The lowest BCUT2D eigenvalue weighted by Crippen LogP contribution is -2.25. The van der Waals surface area contributed by atoms with E-state index in [2.05, 4.69) is 0 Å². The fourth-order valence-electron chi connectivity index (χ4n) is 1.94. The maximum Gasteiger partial charge on any atom is 0.414 e. The number of carbonyl (C=O) groups excluding carboxylic acids is 1. The molecule has 106 valence electrons. The Kier molecular flexibility index (Phi) is 4.80. The number of cyclic esters (lactones) is 1. The first-order valence-corrected chi connectivity index (χ1v) is 6.31. The van der Waals surface area contributed by atoms with Gasteiger partial charge in [-0.15, -0.1) is 0 Å². The molecule has 1 fully saturated rings. The lowest BCUT2D eigenvalue weighted by Gasteiger charge is -2.13. The van der Waals surface area contributed by atoms with Crippen LogP contribution in [0.2, 0.25) is 0 Å². The molecule has 0 bridgehead atoms. The lowest BCUT2D eigenvalue weighted by molar-refractivity contribution is 0.0718. The smallest absolute Gasteiger partial charge is 0.414 e. The number of methoxy groups -OCH3 is 1. The first-order valence-electron chi connectivity index (χ1n) is 6.31. The molecule has 1 aliphatic heterocycles. The van der Waals surface area contributed by atoms with E-state index in [9.17, 15) is 4.79 Å². The number of rotatable bonds is 6. The second kappa shape index (κ2) is 6.78. The van der Waals surface area contributed by atoms with Crippen LogP contribution in [0.3, 0.4) is 0 Å². The van der Waals surface area contributed by atoms with Crippen LogP contribution in [-0.2, 0) is 9.47 Å². The normalized spacial score (nSPS) is 17.7. The summed E-state index contributed by atoms with van der Waals surface area (Å²) in [5.74, 6) is 0.671. The molecule has 20 heavy (non-hydrogen) atoms. The molecular formula is C14H16N2O4. The van der Waals surface area contributed by atoms with Crippen molar-refractivity contribution in [3.8, 4) is 11.8 Å². The van der Waals surface area contributed by atoms with E-state index in [4.69, 9.17) is 19.5 Å². The second-order valence-corrected chi connectivity index (χ2v) is 4.32. The Bertz CT molecular complexity index is 495. The van der Waals surface area contributed by atoms with Crippen LogP contribution in [0.1, 0.15) is 6.42 Å². The van der Waals surface area contributed by atoms with Crippen LogP contribution >= 0.6 is 0 Å². The summed E-state index contributed by atoms with van der Waals surface area (Å²) in [5.41, 5.74) is 0.751. The van der Waals surface area contributed by atoms with Crippen molar-refractivity contribution in [1.82, 2.24) is 0 Å². The molecule has 1 aliphatic rings. The maximum atomic E-state index is 11.7. The van der Waals surface area contributed by atoms with Crippen molar-refractivity contribution in [2.75, 3.05) is 31.8 Å². The molecule has 1 atom stereocenters. The van der Waals surface area contributed by atoms with Crippen molar-refractivity contribution in [2.24, 2.45) is 0 Å². The van der Waals surface area contributed by atoms with E-state index in [-0.39, 0.29) is 12.2 Å².